The molecule has 0 atom stereocenters. The molecule has 0 aromatic carbocycles. The number of hydrogen-bond donors (Lipinski definition) is 1. The van der Waals surface area contributed by atoms with E-state index >= 15 is 0 Å². The summed E-state index contributed by atoms with van der Waals surface area (Å²) >= 11 is 0. The minimum absolute atomic E-state index is 0.537. The molecule has 1 saturated carbocycles. The van der Waals surface area contributed by atoms with Crippen molar-refractivity contribution in [2.45, 2.75) is 45.1 Å². The Morgan fingerprint density at radius 1 is 1.36 bits per heavy atom. The van der Waals surface area contributed by atoms with Crippen LogP contribution in [0.5, 0.6) is 0 Å². The summed E-state index contributed by atoms with van der Waals surface area (Å²) in [5, 5.41) is 3.30. The van der Waals surface area contributed by atoms with E-state index in [1.807, 2.05) is 6.92 Å². The van der Waals surface area contributed by atoms with E-state index in [0.717, 1.165) is 19.7 Å². The summed E-state index contributed by atoms with van der Waals surface area (Å²) in [7, 11) is 0. The van der Waals surface area contributed by atoms with Gasteiger partial charge in [-0.1, -0.05) is 31.4 Å². The molecule has 1 aliphatic rings. The largest absolute Gasteiger partial charge is 0.377 e. The normalized spacial score (nSPS) is 18.4. The second-order valence-electron chi connectivity index (χ2n) is 4.26. The molecule has 14 heavy (non-hydrogen) atoms. The van der Waals surface area contributed by atoms with Crippen LogP contribution in [-0.2, 0) is 4.74 Å². The zero-order valence-corrected chi connectivity index (χ0v) is 9.35. The van der Waals surface area contributed by atoms with Crippen molar-refractivity contribution >= 4 is 0 Å². The molecule has 0 aromatic heterocycles. The summed E-state index contributed by atoms with van der Waals surface area (Å²) in [6.45, 7) is 8.58. The van der Waals surface area contributed by atoms with Crippen molar-refractivity contribution < 1.29 is 4.74 Å². The first-order valence-electron chi connectivity index (χ1n) is 5.76. The van der Waals surface area contributed by atoms with Gasteiger partial charge in [0.25, 0.3) is 0 Å². The SMILES string of the molecule is C=C(C)CNCCOC1CCCCC1. The standard InChI is InChI=1S/C12H23NO/c1-11(2)10-13-8-9-14-12-6-4-3-5-7-12/h12-13H,1,3-10H2,2H3. The van der Waals surface area contributed by atoms with Gasteiger partial charge in [-0.2, -0.15) is 0 Å². The van der Waals surface area contributed by atoms with Crippen molar-refractivity contribution in [1.29, 1.82) is 0 Å². The van der Waals surface area contributed by atoms with E-state index in [1.165, 1.54) is 37.7 Å². The van der Waals surface area contributed by atoms with E-state index < -0.39 is 0 Å². The first kappa shape index (κ1) is 11.7. The van der Waals surface area contributed by atoms with E-state index in [1.54, 1.807) is 0 Å². The van der Waals surface area contributed by atoms with Gasteiger partial charge in [-0.3, -0.25) is 0 Å². The molecule has 1 N–H and O–H groups in total. The molecule has 1 aliphatic carbocycles. The van der Waals surface area contributed by atoms with Gasteiger partial charge in [-0.05, 0) is 19.8 Å². The zero-order chi connectivity index (χ0) is 10.2. The molecule has 2 nitrogen and oxygen atoms in total. The summed E-state index contributed by atoms with van der Waals surface area (Å²) in [5.41, 5.74) is 1.18. The smallest absolute Gasteiger partial charge is 0.0594 e. The maximum absolute atomic E-state index is 5.77. The fourth-order valence-electron chi connectivity index (χ4n) is 1.83. The Morgan fingerprint density at radius 2 is 2.07 bits per heavy atom. The lowest BCUT2D eigenvalue weighted by Gasteiger charge is -2.22. The molecule has 0 amide bonds. The molecule has 0 spiro atoms. The summed E-state index contributed by atoms with van der Waals surface area (Å²) in [6.07, 6.45) is 7.16. The number of nitrogens with one attached hydrogen (secondary N) is 1. The minimum atomic E-state index is 0.537. The highest BCUT2D eigenvalue weighted by atomic mass is 16.5. The molecule has 0 aliphatic heterocycles. The van der Waals surface area contributed by atoms with Gasteiger partial charge in [0.1, 0.15) is 0 Å². The Kier molecular flexibility index (Phi) is 5.88. The van der Waals surface area contributed by atoms with Crippen molar-refractivity contribution in [1.82, 2.24) is 5.32 Å². The van der Waals surface area contributed by atoms with Crippen LogP contribution in [0.25, 0.3) is 0 Å². The van der Waals surface area contributed by atoms with Gasteiger partial charge < -0.3 is 10.1 Å². The third-order valence-electron chi connectivity index (χ3n) is 2.61. The predicted molar refractivity (Wildman–Crippen MR) is 60.5 cm³/mol. The van der Waals surface area contributed by atoms with Gasteiger partial charge in [-0.25, -0.2) is 0 Å². The van der Waals surface area contributed by atoms with Crippen molar-refractivity contribution in [3.05, 3.63) is 12.2 Å². The average Bonchev–Trinajstić information content (AvgIpc) is 2.18. The predicted octanol–water partition coefficient (Wildman–Crippen LogP) is 2.50. The lowest BCUT2D eigenvalue weighted by atomic mass is 9.98. The molecule has 0 heterocycles. The highest BCUT2D eigenvalue weighted by Gasteiger charge is 2.12. The van der Waals surface area contributed by atoms with E-state index in [0.29, 0.717) is 6.10 Å². The van der Waals surface area contributed by atoms with E-state index in [-0.39, 0.29) is 0 Å². The molecule has 82 valence electrons. The fraction of sp³-hybridized carbons (Fsp3) is 0.833. The highest BCUT2D eigenvalue weighted by molar-refractivity contribution is 4.90. The number of hydrogen-bond acceptors (Lipinski definition) is 2. The third-order valence-corrected chi connectivity index (χ3v) is 2.61. The number of ether oxygens (including phenoxy) is 1. The van der Waals surface area contributed by atoms with Crippen LogP contribution in [0.2, 0.25) is 0 Å². The van der Waals surface area contributed by atoms with E-state index in [4.69, 9.17) is 4.74 Å². The molecule has 0 bridgehead atoms. The van der Waals surface area contributed by atoms with Crippen LogP contribution in [0.4, 0.5) is 0 Å². The number of rotatable bonds is 6. The Bertz CT molecular complexity index is 162. The van der Waals surface area contributed by atoms with Gasteiger partial charge in [0, 0.05) is 13.1 Å². The Hall–Kier alpha value is -0.340. The van der Waals surface area contributed by atoms with Gasteiger partial charge >= 0.3 is 0 Å². The summed E-state index contributed by atoms with van der Waals surface area (Å²) < 4.78 is 5.77. The van der Waals surface area contributed by atoms with Crippen molar-refractivity contribution in [2.24, 2.45) is 0 Å². The van der Waals surface area contributed by atoms with Gasteiger partial charge in [0.05, 0.1) is 12.7 Å². The Morgan fingerprint density at radius 3 is 2.71 bits per heavy atom. The fourth-order valence-corrected chi connectivity index (χ4v) is 1.83. The molecule has 0 aromatic rings. The lowest BCUT2D eigenvalue weighted by Crippen LogP contribution is -2.25. The summed E-state index contributed by atoms with van der Waals surface area (Å²) in [4.78, 5) is 0. The summed E-state index contributed by atoms with van der Waals surface area (Å²) in [6, 6.07) is 0. The quantitative estimate of drug-likeness (QED) is 0.522. The van der Waals surface area contributed by atoms with Gasteiger partial charge in [0.2, 0.25) is 0 Å². The molecule has 0 unspecified atom stereocenters. The van der Waals surface area contributed by atoms with Crippen molar-refractivity contribution in [3.63, 3.8) is 0 Å². The van der Waals surface area contributed by atoms with Gasteiger partial charge in [0.15, 0.2) is 0 Å². The van der Waals surface area contributed by atoms with E-state index in [2.05, 4.69) is 11.9 Å². The van der Waals surface area contributed by atoms with Crippen LogP contribution < -0.4 is 5.32 Å². The molecular weight excluding hydrogens is 174 g/mol. The topological polar surface area (TPSA) is 21.3 Å². The Labute approximate surface area is 87.7 Å². The molecule has 0 radical (unpaired) electrons. The lowest BCUT2D eigenvalue weighted by molar-refractivity contribution is 0.0306. The first-order chi connectivity index (χ1) is 6.79. The first-order valence-corrected chi connectivity index (χ1v) is 5.76. The minimum Gasteiger partial charge on any atom is -0.377 e. The van der Waals surface area contributed by atoms with Crippen LogP contribution in [-0.4, -0.2) is 25.8 Å². The molecular formula is C12H23NO. The highest BCUT2D eigenvalue weighted by Crippen LogP contribution is 2.19. The third kappa shape index (κ3) is 5.40. The van der Waals surface area contributed by atoms with Crippen LogP contribution in [0.3, 0.4) is 0 Å². The van der Waals surface area contributed by atoms with E-state index in [9.17, 15) is 0 Å². The average molecular weight is 197 g/mol. The molecule has 1 rings (SSSR count). The molecule has 2 heteroatoms. The maximum atomic E-state index is 5.77. The van der Waals surface area contributed by atoms with Crippen LogP contribution in [0.1, 0.15) is 39.0 Å². The Balaban J connectivity index is 1.90. The van der Waals surface area contributed by atoms with Crippen LogP contribution in [0, 0.1) is 0 Å². The maximum Gasteiger partial charge on any atom is 0.0594 e. The monoisotopic (exact) mass is 197 g/mol. The second-order valence-corrected chi connectivity index (χ2v) is 4.26. The molecule has 1 fully saturated rings. The second kappa shape index (κ2) is 7.02. The van der Waals surface area contributed by atoms with Crippen LogP contribution in [0.15, 0.2) is 12.2 Å². The summed E-state index contributed by atoms with van der Waals surface area (Å²) in [5.74, 6) is 0. The molecule has 0 saturated heterocycles. The van der Waals surface area contributed by atoms with Crippen LogP contribution >= 0.6 is 0 Å². The van der Waals surface area contributed by atoms with Crippen molar-refractivity contribution in [2.75, 3.05) is 19.7 Å². The van der Waals surface area contributed by atoms with Crippen molar-refractivity contribution in [3.8, 4) is 0 Å². The van der Waals surface area contributed by atoms with Gasteiger partial charge in [-0.15, -0.1) is 0 Å². The zero-order valence-electron chi connectivity index (χ0n) is 9.35.